The molecule has 2 aliphatic rings. The number of ether oxygens (including phenoxy) is 5. The number of hydrogen-bond donors (Lipinski definition) is 2. The number of alkyl carbamates (subject to hydrolysis) is 2. The summed E-state index contributed by atoms with van der Waals surface area (Å²) in [6, 6.07) is 9.26. The smallest absolute Gasteiger partial charge is 0.407 e. The first-order valence-corrected chi connectivity index (χ1v) is 15.8. The second-order valence-corrected chi connectivity index (χ2v) is 12.0. The van der Waals surface area contributed by atoms with Crippen molar-refractivity contribution in [1.82, 2.24) is 10.6 Å². The first-order valence-electron chi connectivity index (χ1n) is 15.8. The van der Waals surface area contributed by atoms with E-state index in [2.05, 4.69) is 23.8 Å². The molecular weight excluding hydrogens is 580 g/mol. The van der Waals surface area contributed by atoms with Crippen LogP contribution in [0.1, 0.15) is 71.6 Å². The number of rotatable bonds is 15. The van der Waals surface area contributed by atoms with E-state index >= 15 is 0 Å². The Labute approximate surface area is 266 Å². The fraction of sp³-hybridized carbons (Fsp3) is 0.588. The molecule has 2 saturated carbocycles. The summed E-state index contributed by atoms with van der Waals surface area (Å²) in [6.07, 6.45) is 7.05. The monoisotopic (exact) mass is 628 g/mol. The lowest BCUT2D eigenvalue weighted by Gasteiger charge is -2.34. The van der Waals surface area contributed by atoms with Gasteiger partial charge in [0.1, 0.15) is 32.2 Å². The predicted molar refractivity (Wildman–Crippen MR) is 167 cm³/mol. The molecule has 0 aliphatic heterocycles. The third-order valence-electron chi connectivity index (χ3n) is 8.10. The van der Waals surface area contributed by atoms with Gasteiger partial charge in [-0.3, -0.25) is 0 Å². The van der Waals surface area contributed by atoms with Gasteiger partial charge in [-0.2, -0.15) is 0 Å². The molecule has 45 heavy (non-hydrogen) atoms. The van der Waals surface area contributed by atoms with Crippen molar-refractivity contribution in [2.24, 2.45) is 11.8 Å². The Morgan fingerprint density at radius 3 is 1.78 bits per heavy atom. The van der Waals surface area contributed by atoms with E-state index in [0.717, 1.165) is 57.8 Å². The van der Waals surface area contributed by atoms with Crippen molar-refractivity contribution in [3.05, 3.63) is 54.6 Å². The number of carbonyl (C=O) groups is 4. The SMILES string of the molecule is C=C(C)C(=O)OCCOC(=O)NC1CCC(CC2CCC(NC(=O)OC(COC(=O)C(=C)C)COc3ccccc3)CC2)CC1. The number of esters is 2. The highest BCUT2D eigenvalue weighted by molar-refractivity contribution is 5.87. The lowest BCUT2D eigenvalue weighted by molar-refractivity contribution is -0.142. The molecule has 1 atom stereocenters. The summed E-state index contributed by atoms with van der Waals surface area (Å²) < 4.78 is 26.6. The maximum atomic E-state index is 12.7. The highest BCUT2D eigenvalue weighted by atomic mass is 16.6. The number of amides is 2. The molecule has 1 unspecified atom stereocenters. The van der Waals surface area contributed by atoms with Gasteiger partial charge in [-0.05, 0) is 95.6 Å². The maximum absolute atomic E-state index is 12.7. The molecule has 2 N–H and O–H groups in total. The lowest BCUT2D eigenvalue weighted by atomic mass is 9.76. The van der Waals surface area contributed by atoms with Crippen LogP contribution in [-0.2, 0) is 28.5 Å². The zero-order valence-corrected chi connectivity index (χ0v) is 26.6. The first kappa shape index (κ1) is 35.5. The highest BCUT2D eigenvalue weighted by Crippen LogP contribution is 2.35. The zero-order valence-electron chi connectivity index (χ0n) is 26.6. The largest absolute Gasteiger partial charge is 0.490 e. The van der Waals surface area contributed by atoms with Gasteiger partial charge in [0.05, 0.1) is 0 Å². The normalized spacial score (nSPS) is 21.7. The van der Waals surface area contributed by atoms with Crippen LogP contribution in [0.4, 0.5) is 9.59 Å². The molecule has 1 aromatic carbocycles. The number of benzene rings is 1. The lowest BCUT2D eigenvalue weighted by Crippen LogP contribution is -2.42. The molecule has 0 radical (unpaired) electrons. The average Bonchev–Trinajstić information content (AvgIpc) is 3.02. The molecule has 3 rings (SSSR count). The van der Waals surface area contributed by atoms with Gasteiger partial charge in [-0.25, -0.2) is 19.2 Å². The molecule has 2 aliphatic carbocycles. The van der Waals surface area contributed by atoms with Crippen LogP contribution in [0.5, 0.6) is 5.75 Å². The average molecular weight is 629 g/mol. The number of carbonyl (C=O) groups excluding carboxylic acids is 4. The molecule has 2 fully saturated rings. The fourth-order valence-corrected chi connectivity index (χ4v) is 5.62. The van der Waals surface area contributed by atoms with E-state index in [1.54, 1.807) is 26.0 Å². The van der Waals surface area contributed by atoms with Crippen LogP contribution in [0, 0.1) is 11.8 Å². The van der Waals surface area contributed by atoms with Crippen molar-refractivity contribution in [1.29, 1.82) is 0 Å². The molecule has 0 bridgehead atoms. The van der Waals surface area contributed by atoms with Gasteiger partial charge >= 0.3 is 24.1 Å². The minimum atomic E-state index is -0.775. The Balaban J connectivity index is 1.31. The molecule has 0 saturated heterocycles. The third-order valence-corrected chi connectivity index (χ3v) is 8.10. The van der Waals surface area contributed by atoms with Gasteiger partial charge in [0.15, 0.2) is 6.10 Å². The van der Waals surface area contributed by atoms with Gasteiger partial charge in [0.2, 0.25) is 0 Å². The molecule has 2 amide bonds. The minimum Gasteiger partial charge on any atom is -0.490 e. The van der Waals surface area contributed by atoms with E-state index in [1.165, 1.54) is 0 Å². The summed E-state index contributed by atoms with van der Waals surface area (Å²) in [5.41, 5.74) is 0.568. The predicted octanol–water partition coefficient (Wildman–Crippen LogP) is 5.63. The fourth-order valence-electron chi connectivity index (χ4n) is 5.62. The third kappa shape index (κ3) is 13.7. The second-order valence-electron chi connectivity index (χ2n) is 12.0. The van der Waals surface area contributed by atoms with E-state index in [1.807, 2.05) is 18.2 Å². The highest BCUT2D eigenvalue weighted by Gasteiger charge is 2.29. The standard InChI is InChI=1S/C34H48N2O9/c1-23(2)31(37)41-18-19-42-33(39)35-27-14-10-25(11-15-27)20-26-12-16-28(17-13-26)36-34(40)45-30(22-44-32(38)24(3)4)21-43-29-8-6-5-7-9-29/h5-9,25-28,30H,1,3,10-22H2,2,4H3,(H,35,39)(H,36,40). The first-order chi connectivity index (χ1) is 21.6. The van der Waals surface area contributed by atoms with E-state index < -0.39 is 30.2 Å². The Kier molecular flexibility index (Phi) is 14.7. The van der Waals surface area contributed by atoms with Crippen molar-refractivity contribution in [3.63, 3.8) is 0 Å². The molecule has 0 spiro atoms. The van der Waals surface area contributed by atoms with Gasteiger partial charge < -0.3 is 34.3 Å². The van der Waals surface area contributed by atoms with Crippen LogP contribution in [-0.4, -0.2) is 68.7 Å². The van der Waals surface area contributed by atoms with Crippen LogP contribution >= 0.6 is 0 Å². The Bertz CT molecular complexity index is 1140. The van der Waals surface area contributed by atoms with Crippen LogP contribution in [0.2, 0.25) is 0 Å². The van der Waals surface area contributed by atoms with E-state index in [0.29, 0.717) is 23.2 Å². The van der Waals surface area contributed by atoms with Crippen molar-refractivity contribution in [3.8, 4) is 5.75 Å². The van der Waals surface area contributed by atoms with Crippen molar-refractivity contribution in [2.75, 3.05) is 26.4 Å². The molecule has 1 aromatic rings. The Hall–Kier alpha value is -4.02. The molecule has 11 heteroatoms. The summed E-state index contributed by atoms with van der Waals surface area (Å²) in [6.45, 7) is 10.1. The summed E-state index contributed by atoms with van der Waals surface area (Å²) in [4.78, 5) is 48.0. The van der Waals surface area contributed by atoms with Crippen molar-refractivity contribution in [2.45, 2.75) is 89.8 Å². The molecule has 0 heterocycles. The summed E-state index contributed by atoms with van der Waals surface area (Å²) >= 11 is 0. The Morgan fingerprint density at radius 1 is 0.711 bits per heavy atom. The van der Waals surface area contributed by atoms with Gasteiger partial charge in [0.25, 0.3) is 0 Å². The molecule has 248 valence electrons. The van der Waals surface area contributed by atoms with E-state index in [4.69, 9.17) is 23.7 Å². The van der Waals surface area contributed by atoms with Crippen molar-refractivity contribution >= 4 is 24.1 Å². The maximum Gasteiger partial charge on any atom is 0.407 e. The van der Waals surface area contributed by atoms with E-state index in [9.17, 15) is 19.2 Å². The Morgan fingerprint density at radius 2 is 1.22 bits per heavy atom. The van der Waals surface area contributed by atoms with Crippen LogP contribution in [0.25, 0.3) is 0 Å². The van der Waals surface area contributed by atoms with Crippen LogP contribution in [0.3, 0.4) is 0 Å². The summed E-state index contributed by atoms with van der Waals surface area (Å²) in [5, 5.41) is 5.90. The number of hydrogen-bond acceptors (Lipinski definition) is 9. The zero-order chi connectivity index (χ0) is 32.6. The number of nitrogens with one attached hydrogen (secondary N) is 2. The van der Waals surface area contributed by atoms with Gasteiger partial charge in [-0.15, -0.1) is 0 Å². The quantitative estimate of drug-likeness (QED) is 0.109. The summed E-state index contributed by atoms with van der Waals surface area (Å²) in [5.74, 6) is 0.796. The van der Waals surface area contributed by atoms with Crippen molar-refractivity contribution < 1.29 is 42.9 Å². The van der Waals surface area contributed by atoms with Crippen LogP contribution < -0.4 is 15.4 Å². The van der Waals surface area contributed by atoms with Gasteiger partial charge in [0, 0.05) is 23.2 Å². The molecule has 0 aromatic heterocycles. The molecule has 11 nitrogen and oxygen atoms in total. The summed E-state index contributed by atoms with van der Waals surface area (Å²) in [7, 11) is 0. The second kappa shape index (κ2) is 18.7. The minimum absolute atomic E-state index is 0.00199. The molecular formula is C34H48N2O9. The van der Waals surface area contributed by atoms with E-state index in [-0.39, 0.29) is 44.1 Å². The topological polar surface area (TPSA) is 138 Å². The number of para-hydroxylation sites is 1. The van der Waals surface area contributed by atoms with Crippen LogP contribution in [0.15, 0.2) is 54.6 Å². The van der Waals surface area contributed by atoms with Gasteiger partial charge in [-0.1, -0.05) is 31.4 Å².